The molecule has 7 rings (SSSR count). The number of hydrogen-bond donors (Lipinski definition) is 0. The molecule has 24 heavy (non-hydrogen) atoms. The standard InChI is InChI=1S/C18H16O6/c19-13-9-11(15(21)23-13)18-6-2-4-8(18)7-3-1-5-17(7,9)10-12(18)16(22)24-14(10)20/h9-12H,1-6H2. The molecular weight excluding hydrogens is 312 g/mol. The van der Waals surface area contributed by atoms with Crippen molar-refractivity contribution in [2.75, 3.05) is 0 Å². The van der Waals surface area contributed by atoms with E-state index in [1.807, 2.05) is 0 Å². The van der Waals surface area contributed by atoms with Gasteiger partial charge in [0.1, 0.15) is 0 Å². The van der Waals surface area contributed by atoms with Crippen LogP contribution in [0.1, 0.15) is 38.5 Å². The highest BCUT2D eigenvalue weighted by Crippen LogP contribution is 2.79. The molecule has 5 aliphatic carbocycles. The molecule has 7 aliphatic rings. The van der Waals surface area contributed by atoms with Crippen molar-refractivity contribution in [2.45, 2.75) is 38.5 Å². The first-order valence-electron chi connectivity index (χ1n) is 8.77. The minimum Gasteiger partial charge on any atom is -0.393 e. The van der Waals surface area contributed by atoms with E-state index in [0.29, 0.717) is 12.8 Å². The molecule has 6 nitrogen and oxygen atoms in total. The maximum atomic E-state index is 12.6. The Bertz CT molecular complexity index is 698. The van der Waals surface area contributed by atoms with Crippen molar-refractivity contribution >= 4 is 23.9 Å². The van der Waals surface area contributed by atoms with Gasteiger partial charge in [-0.1, -0.05) is 11.1 Å². The molecule has 0 aromatic rings. The van der Waals surface area contributed by atoms with Gasteiger partial charge < -0.3 is 9.47 Å². The molecule has 2 bridgehead atoms. The number of cyclic esters (lactones) is 4. The summed E-state index contributed by atoms with van der Waals surface area (Å²) >= 11 is 0. The predicted molar refractivity (Wildman–Crippen MR) is 75.8 cm³/mol. The number of rotatable bonds is 0. The first-order valence-corrected chi connectivity index (χ1v) is 8.77. The monoisotopic (exact) mass is 328 g/mol. The van der Waals surface area contributed by atoms with Crippen LogP contribution in [0.5, 0.6) is 0 Å². The summed E-state index contributed by atoms with van der Waals surface area (Å²) in [6.07, 6.45) is 4.79. The van der Waals surface area contributed by atoms with Gasteiger partial charge in [-0.2, -0.15) is 0 Å². The van der Waals surface area contributed by atoms with Crippen LogP contribution in [0.4, 0.5) is 0 Å². The van der Waals surface area contributed by atoms with Crippen molar-refractivity contribution in [3.63, 3.8) is 0 Å². The summed E-state index contributed by atoms with van der Waals surface area (Å²) in [5.41, 5.74) is 0.925. The van der Waals surface area contributed by atoms with Crippen molar-refractivity contribution in [1.82, 2.24) is 0 Å². The average molecular weight is 328 g/mol. The molecule has 2 saturated heterocycles. The third-order valence-electron chi connectivity index (χ3n) is 7.83. The number of carbonyl (C=O) groups excluding carboxylic acids is 4. The van der Waals surface area contributed by atoms with Crippen molar-refractivity contribution in [3.8, 4) is 0 Å². The Morgan fingerprint density at radius 2 is 0.958 bits per heavy atom. The Hall–Kier alpha value is -1.98. The van der Waals surface area contributed by atoms with Gasteiger partial charge in [-0.3, -0.25) is 19.2 Å². The van der Waals surface area contributed by atoms with Gasteiger partial charge in [0.25, 0.3) is 0 Å². The first-order chi connectivity index (χ1) is 11.5. The molecule has 4 atom stereocenters. The van der Waals surface area contributed by atoms with Gasteiger partial charge in [-0.25, -0.2) is 0 Å². The van der Waals surface area contributed by atoms with Crippen LogP contribution in [0, 0.1) is 34.5 Å². The third kappa shape index (κ3) is 1.03. The van der Waals surface area contributed by atoms with E-state index in [0.717, 1.165) is 25.7 Å². The third-order valence-corrected chi connectivity index (χ3v) is 7.83. The Balaban J connectivity index is 1.76. The molecule has 0 aromatic heterocycles. The van der Waals surface area contributed by atoms with Crippen molar-refractivity contribution < 1.29 is 28.7 Å². The molecule has 0 amide bonds. The van der Waals surface area contributed by atoms with Crippen LogP contribution in [-0.4, -0.2) is 23.9 Å². The summed E-state index contributed by atoms with van der Waals surface area (Å²) in [5.74, 6) is -4.43. The number of hydrogen-bond acceptors (Lipinski definition) is 6. The van der Waals surface area contributed by atoms with Crippen LogP contribution < -0.4 is 0 Å². The fourth-order valence-electron chi connectivity index (χ4n) is 7.53. The maximum absolute atomic E-state index is 12.6. The Kier molecular flexibility index (Phi) is 2.03. The quantitative estimate of drug-likeness (QED) is 0.378. The van der Waals surface area contributed by atoms with Gasteiger partial charge in [0.05, 0.1) is 23.7 Å². The lowest BCUT2D eigenvalue weighted by Crippen LogP contribution is -2.64. The zero-order chi connectivity index (χ0) is 16.4. The van der Waals surface area contributed by atoms with Crippen molar-refractivity contribution in [2.24, 2.45) is 34.5 Å². The van der Waals surface area contributed by atoms with Crippen LogP contribution in [0.2, 0.25) is 0 Å². The first kappa shape index (κ1) is 13.3. The largest absolute Gasteiger partial charge is 0.393 e. The van der Waals surface area contributed by atoms with Crippen molar-refractivity contribution in [3.05, 3.63) is 11.1 Å². The minimum absolute atomic E-state index is 0.500. The predicted octanol–water partition coefficient (Wildman–Crippen LogP) is 1.28. The van der Waals surface area contributed by atoms with E-state index in [9.17, 15) is 19.2 Å². The zero-order valence-electron chi connectivity index (χ0n) is 13.0. The van der Waals surface area contributed by atoms with E-state index in [-0.39, 0.29) is 0 Å². The minimum atomic E-state index is -0.719. The fourth-order valence-corrected chi connectivity index (χ4v) is 7.53. The summed E-state index contributed by atoms with van der Waals surface area (Å²) in [6.45, 7) is 0. The maximum Gasteiger partial charge on any atom is 0.318 e. The molecule has 2 aliphatic heterocycles. The molecule has 6 heteroatoms. The SMILES string of the molecule is O=C1OC(=O)C2C1C13CCCC1=C1CCCC12C1C(=O)OC(=O)C13. The fraction of sp³-hybridized carbons (Fsp3) is 0.667. The summed E-state index contributed by atoms with van der Waals surface area (Å²) in [4.78, 5) is 50.4. The topological polar surface area (TPSA) is 86.7 Å². The molecule has 4 unspecified atom stereocenters. The lowest BCUT2D eigenvalue weighted by atomic mass is 9.38. The lowest BCUT2D eigenvalue weighted by Gasteiger charge is -2.60. The highest BCUT2D eigenvalue weighted by molar-refractivity contribution is 6.05. The van der Waals surface area contributed by atoms with E-state index < -0.39 is 58.4 Å². The van der Waals surface area contributed by atoms with E-state index in [1.165, 1.54) is 11.1 Å². The van der Waals surface area contributed by atoms with Crippen LogP contribution >= 0.6 is 0 Å². The molecule has 3 saturated carbocycles. The van der Waals surface area contributed by atoms with E-state index >= 15 is 0 Å². The average Bonchev–Trinajstić information content (AvgIpc) is 3.24. The second-order valence-corrected chi connectivity index (χ2v) is 8.14. The van der Waals surface area contributed by atoms with Gasteiger partial charge in [-0.05, 0) is 38.5 Å². The lowest BCUT2D eigenvalue weighted by molar-refractivity contribution is -0.161. The summed E-state index contributed by atoms with van der Waals surface area (Å²) < 4.78 is 10.1. The number of carbonyl (C=O) groups is 4. The molecule has 0 radical (unpaired) electrons. The van der Waals surface area contributed by atoms with Gasteiger partial charge in [0, 0.05) is 10.8 Å². The number of allylic oxidation sites excluding steroid dienone is 2. The van der Waals surface area contributed by atoms with Crippen LogP contribution in [0.25, 0.3) is 0 Å². The molecular formula is C18H16O6. The second-order valence-electron chi connectivity index (χ2n) is 8.14. The molecule has 0 N–H and O–H groups in total. The normalized spacial score (nSPS) is 50.7. The Morgan fingerprint density at radius 3 is 1.29 bits per heavy atom. The summed E-state index contributed by atoms with van der Waals surface area (Å²) in [6, 6.07) is 0. The van der Waals surface area contributed by atoms with Crippen LogP contribution in [-0.2, 0) is 28.7 Å². The molecule has 0 aromatic carbocycles. The van der Waals surface area contributed by atoms with Crippen LogP contribution in [0.15, 0.2) is 11.1 Å². The van der Waals surface area contributed by atoms with E-state index in [1.54, 1.807) is 0 Å². The number of esters is 4. The van der Waals surface area contributed by atoms with Gasteiger partial charge in [0.15, 0.2) is 0 Å². The summed E-state index contributed by atoms with van der Waals surface area (Å²) in [5, 5.41) is 0. The Labute approximate surface area is 137 Å². The highest BCUT2D eigenvalue weighted by atomic mass is 16.6. The van der Waals surface area contributed by atoms with Crippen molar-refractivity contribution in [1.29, 1.82) is 0 Å². The number of ether oxygens (including phenoxy) is 2. The molecule has 124 valence electrons. The molecule has 5 fully saturated rings. The van der Waals surface area contributed by atoms with E-state index in [4.69, 9.17) is 9.47 Å². The zero-order valence-corrected chi connectivity index (χ0v) is 13.0. The summed E-state index contributed by atoms with van der Waals surface area (Å²) in [7, 11) is 0. The van der Waals surface area contributed by atoms with Crippen LogP contribution in [0.3, 0.4) is 0 Å². The second kappa shape index (κ2) is 3.65. The molecule has 2 heterocycles. The van der Waals surface area contributed by atoms with E-state index in [2.05, 4.69) is 0 Å². The smallest absolute Gasteiger partial charge is 0.318 e. The Morgan fingerprint density at radius 1 is 0.625 bits per heavy atom. The van der Waals surface area contributed by atoms with Gasteiger partial charge in [0.2, 0.25) is 0 Å². The van der Waals surface area contributed by atoms with Gasteiger partial charge in [-0.15, -0.1) is 0 Å². The highest BCUT2D eigenvalue weighted by Gasteiger charge is 2.83. The molecule has 2 spiro atoms. The van der Waals surface area contributed by atoms with Gasteiger partial charge >= 0.3 is 23.9 Å².